The predicted octanol–water partition coefficient (Wildman–Crippen LogP) is 0.406. The van der Waals surface area contributed by atoms with E-state index in [1.54, 1.807) is 21.0 Å². The topological polar surface area (TPSA) is 98.7 Å². The van der Waals surface area contributed by atoms with Crippen molar-refractivity contribution in [3.8, 4) is 0 Å². The minimum atomic E-state index is -0.812. The van der Waals surface area contributed by atoms with Gasteiger partial charge in [-0.1, -0.05) is 6.42 Å². The van der Waals surface area contributed by atoms with E-state index in [0.29, 0.717) is 12.8 Å². The summed E-state index contributed by atoms with van der Waals surface area (Å²) in [6.45, 7) is 1.61. The van der Waals surface area contributed by atoms with Gasteiger partial charge in [0.25, 0.3) is 0 Å². The quantitative estimate of drug-likeness (QED) is 0.696. The number of carboxylic acids is 1. The highest BCUT2D eigenvalue weighted by molar-refractivity contribution is 5.86. The number of urea groups is 1. The molecule has 114 valence electrons. The summed E-state index contributed by atoms with van der Waals surface area (Å²) in [5.74, 6) is -1.39. The van der Waals surface area contributed by atoms with Crippen molar-refractivity contribution in [2.24, 2.45) is 5.92 Å². The van der Waals surface area contributed by atoms with Gasteiger partial charge in [-0.25, -0.2) is 4.79 Å². The van der Waals surface area contributed by atoms with Crippen LogP contribution in [0.2, 0.25) is 0 Å². The van der Waals surface area contributed by atoms with Crippen LogP contribution >= 0.6 is 0 Å². The molecule has 0 aliphatic heterocycles. The third-order valence-electron chi connectivity index (χ3n) is 3.52. The number of carboxylic acid groups (broad SMARTS) is 1. The van der Waals surface area contributed by atoms with Crippen molar-refractivity contribution < 1.29 is 19.5 Å². The minimum Gasteiger partial charge on any atom is -0.481 e. The molecule has 7 nitrogen and oxygen atoms in total. The summed E-state index contributed by atoms with van der Waals surface area (Å²) >= 11 is 0. The first kappa shape index (κ1) is 16.3. The third kappa shape index (κ3) is 4.71. The van der Waals surface area contributed by atoms with E-state index < -0.39 is 24.0 Å². The number of carbonyl (C=O) groups excluding carboxylic acids is 2. The molecule has 1 aliphatic rings. The van der Waals surface area contributed by atoms with Gasteiger partial charge in [0, 0.05) is 20.1 Å². The second kappa shape index (κ2) is 7.12. The van der Waals surface area contributed by atoms with Crippen molar-refractivity contribution >= 4 is 17.9 Å². The molecule has 3 atom stereocenters. The molecule has 1 fully saturated rings. The van der Waals surface area contributed by atoms with Gasteiger partial charge in [-0.05, 0) is 26.2 Å². The first-order chi connectivity index (χ1) is 9.31. The third-order valence-corrected chi connectivity index (χ3v) is 3.52. The van der Waals surface area contributed by atoms with Crippen LogP contribution in [0.1, 0.15) is 32.6 Å². The van der Waals surface area contributed by atoms with E-state index in [1.165, 1.54) is 4.90 Å². The van der Waals surface area contributed by atoms with Crippen molar-refractivity contribution in [1.82, 2.24) is 15.5 Å². The van der Waals surface area contributed by atoms with E-state index in [-0.39, 0.29) is 11.9 Å². The van der Waals surface area contributed by atoms with E-state index in [0.717, 1.165) is 12.8 Å². The Labute approximate surface area is 118 Å². The summed E-state index contributed by atoms with van der Waals surface area (Å²) in [7, 11) is 3.24. The maximum absolute atomic E-state index is 11.8. The zero-order valence-electron chi connectivity index (χ0n) is 12.2. The van der Waals surface area contributed by atoms with Gasteiger partial charge in [-0.2, -0.15) is 0 Å². The highest BCUT2D eigenvalue weighted by Crippen LogP contribution is 2.24. The fraction of sp³-hybridized carbons (Fsp3) is 0.769. The van der Waals surface area contributed by atoms with E-state index >= 15 is 0 Å². The summed E-state index contributed by atoms with van der Waals surface area (Å²) in [4.78, 5) is 35.8. The first-order valence-corrected chi connectivity index (χ1v) is 6.82. The Morgan fingerprint density at radius 3 is 2.45 bits per heavy atom. The molecule has 1 rings (SSSR count). The van der Waals surface area contributed by atoms with Crippen LogP contribution in [-0.4, -0.2) is 54.1 Å². The molecule has 1 saturated carbocycles. The summed E-state index contributed by atoms with van der Waals surface area (Å²) in [5, 5.41) is 14.3. The average molecular weight is 285 g/mol. The van der Waals surface area contributed by atoms with Crippen LogP contribution in [-0.2, 0) is 9.59 Å². The fourth-order valence-corrected chi connectivity index (χ4v) is 2.42. The Hall–Kier alpha value is -1.79. The number of likely N-dealkylation sites (N-methyl/N-ethyl adjacent to an activating group) is 1. The number of aliphatic carboxylic acids is 1. The van der Waals surface area contributed by atoms with Gasteiger partial charge in [0.05, 0.1) is 5.92 Å². The van der Waals surface area contributed by atoms with Crippen molar-refractivity contribution in [2.75, 3.05) is 14.1 Å². The number of hydrogen-bond donors (Lipinski definition) is 3. The van der Waals surface area contributed by atoms with E-state index in [1.807, 2.05) is 0 Å². The summed E-state index contributed by atoms with van der Waals surface area (Å²) in [6.07, 6.45) is 2.66. The van der Waals surface area contributed by atoms with Crippen LogP contribution in [0.25, 0.3) is 0 Å². The second-order valence-corrected chi connectivity index (χ2v) is 5.47. The van der Waals surface area contributed by atoms with E-state index in [4.69, 9.17) is 5.11 Å². The number of hydrogen-bond acceptors (Lipinski definition) is 3. The molecule has 1 aliphatic carbocycles. The number of carbonyl (C=O) groups is 3. The summed E-state index contributed by atoms with van der Waals surface area (Å²) < 4.78 is 0. The lowest BCUT2D eigenvalue weighted by atomic mass is 9.86. The molecule has 3 unspecified atom stereocenters. The zero-order chi connectivity index (χ0) is 15.3. The number of nitrogens with zero attached hydrogens (tertiary/aromatic N) is 1. The van der Waals surface area contributed by atoms with Gasteiger partial charge in [0.1, 0.15) is 6.04 Å². The van der Waals surface area contributed by atoms with Gasteiger partial charge in [0.2, 0.25) is 5.91 Å². The van der Waals surface area contributed by atoms with Gasteiger partial charge < -0.3 is 20.6 Å². The van der Waals surface area contributed by atoms with Crippen LogP contribution in [0.15, 0.2) is 0 Å². The second-order valence-electron chi connectivity index (χ2n) is 5.47. The molecule has 0 aromatic carbocycles. The molecule has 0 aromatic heterocycles. The smallest absolute Gasteiger partial charge is 0.315 e. The Morgan fingerprint density at radius 1 is 1.25 bits per heavy atom. The molecule has 0 radical (unpaired) electrons. The molecule has 0 bridgehead atoms. The number of nitrogens with one attached hydrogen (secondary N) is 2. The maximum Gasteiger partial charge on any atom is 0.315 e. The molecule has 0 spiro atoms. The van der Waals surface area contributed by atoms with Crippen LogP contribution in [0.3, 0.4) is 0 Å². The maximum atomic E-state index is 11.8. The zero-order valence-corrected chi connectivity index (χ0v) is 12.2. The highest BCUT2D eigenvalue weighted by atomic mass is 16.4. The van der Waals surface area contributed by atoms with Gasteiger partial charge in [-0.3, -0.25) is 9.59 Å². The van der Waals surface area contributed by atoms with Crippen LogP contribution in [0.4, 0.5) is 4.79 Å². The normalized spacial score (nSPS) is 23.6. The van der Waals surface area contributed by atoms with Crippen molar-refractivity contribution in [2.45, 2.75) is 44.7 Å². The summed E-state index contributed by atoms with van der Waals surface area (Å²) in [6, 6.07) is -1.18. The van der Waals surface area contributed by atoms with Gasteiger partial charge in [0.15, 0.2) is 0 Å². The van der Waals surface area contributed by atoms with E-state index in [9.17, 15) is 14.4 Å². The molecule has 3 amide bonds. The lowest BCUT2D eigenvalue weighted by Crippen LogP contribution is -2.51. The van der Waals surface area contributed by atoms with Crippen molar-refractivity contribution in [3.05, 3.63) is 0 Å². The predicted molar refractivity (Wildman–Crippen MR) is 73.2 cm³/mol. The van der Waals surface area contributed by atoms with Crippen LogP contribution in [0, 0.1) is 5.92 Å². The lowest BCUT2D eigenvalue weighted by molar-refractivity contribution is -0.143. The lowest BCUT2D eigenvalue weighted by Gasteiger charge is -2.28. The molecule has 0 heterocycles. The minimum absolute atomic E-state index is 0.147. The van der Waals surface area contributed by atoms with E-state index in [2.05, 4.69) is 10.6 Å². The fourth-order valence-electron chi connectivity index (χ4n) is 2.42. The molecular formula is C13H23N3O4. The SMILES string of the molecule is CC(NC(=O)NC1CCCC(C(=O)O)C1)C(=O)N(C)C. The summed E-state index contributed by atoms with van der Waals surface area (Å²) in [5.41, 5.74) is 0. The Bertz CT molecular complexity index is 384. The number of rotatable bonds is 4. The van der Waals surface area contributed by atoms with Crippen LogP contribution in [0.5, 0.6) is 0 Å². The Kier molecular flexibility index (Phi) is 5.79. The largest absolute Gasteiger partial charge is 0.481 e. The first-order valence-electron chi connectivity index (χ1n) is 6.82. The van der Waals surface area contributed by atoms with Crippen molar-refractivity contribution in [3.63, 3.8) is 0 Å². The monoisotopic (exact) mass is 285 g/mol. The molecule has 20 heavy (non-hydrogen) atoms. The van der Waals surface area contributed by atoms with Gasteiger partial charge >= 0.3 is 12.0 Å². The highest BCUT2D eigenvalue weighted by Gasteiger charge is 2.28. The molecule has 0 aromatic rings. The molecule has 0 saturated heterocycles. The van der Waals surface area contributed by atoms with Gasteiger partial charge in [-0.15, -0.1) is 0 Å². The number of amides is 3. The van der Waals surface area contributed by atoms with Crippen molar-refractivity contribution in [1.29, 1.82) is 0 Å². The van der Waals surface area contributed by atoms with Crippen LogP contribution < -0.4 is 10.6 Å². The molecule has 3 N–H and O–H groups in total. The Morgan fingerprint density at radius 2 is 1.90 bits per heavy atom. The molecule has 7 heteroatoms. The molecular weight excluding hydrogens is 262 g/mol. The average Bonchev–Trinajstić information content (AvgIpc) is 2.37. The standard InChI is InChI=1S/C13H23N3O4/c1-8(11(17)16(2)3)14-13(20)15-10-6-4-5-9(7-10)12(18)19/h8-10H,4-7H2,1-3H3,(H,18,19)(H2,14,15,20). The Balaban J connectivity index is 2.42.